The van der Waals surface area contributed by atoms with Crippen molar-refractivity contribution in [2.24, 2.45) is 5.73 Å². The predicted molar refractivity (Wildman–Crippen MR) is 42.6 cm³/mol. The number of likely N-dealkylation sites (N-methyl/N-ethyl adjacent to an activating group) is 1. The third-order valence-corrected chi connectivity index (χ3v) is 1.99. The first-order valence-electron chi connectivity index (χ1n) is 3.57. The molecule has 0 aromatic carbocycles. The van der Waals surface area contributed by atoms with Crippen LogP contribution in [0.4, 0.5) is 0 Å². The van der Waals surface area contributed by atoms with Gasteiger partial charge in [0.15, 0.2) is 0 Å². The van der Waals surface area contributed by atoms with Gasteiger partial charge in [0.1, 0.15) is 5.72 Å². The minimum absolute atomic E-state index is 0.601. The maximum atomic E-state index is 9.73. The van der Waals surface area contributed by atoms with Gasteiger partial charge >= 0.3 is 0 Å². The Labute approximate surface area is 62.6 Å². The lowest BCUT2D eigenvalue weighted by Gasteiger charge is -2.38. The van der Waals surface area contributed by atoms with Crippen molar-refractivity contribution in [3.05, 3.63) is 0 Å². The van der Waals surface area contributed by atoms with Crippen molar-refractivity contribution in [3.63, 3.8) is 0 Å². The van der Waals surface area contributed by atoms with E-state index in [2.05, 4.69) is 5.32 Å². The van der Waals surface area contributed by atoms with Crippen LogP contribution in [0, 0.1) is 0 Å². The number of hydrogen-bond donors (Lipinski definition) is 3. The molecule has 10 heavy (non-hydrogen) atoms. The van der Waals surface area contributed by atoms with Crippen LogP contribution in [0.15, 0.2) is 0 Å². The van der Waals surface area contributed by atoms with Crippen LogP contribution in [0.2, 0.25) is 0 Å². The molecule has 3 heteroatoms. The fourth-order valence-corrected chi connectivity index (χ4v) is 0.955. The zero-order chi connectivity index (χ0) is 8.41. The Balaban J connectivity index is 4.33. The highest BCUT2D eigenvalue weighted by Crippen LogP contribution is 2.18. The first-order chi connectivity index (χ1) is 4.37. The molecule has 0 rings (SSSR count). The number of hydrogen-bond acceptors (Lipinski definition) is 3. The fraction of sp³-hybridized carbons (Fsp3) is 1.00. The topological polar surface area (TPSA) is 58.3 Å². The van der Waals surface area contributed by atoms with Gasteiger partial charge in [0.2, 0.25) is 0 Å². The Morgan fingerprint density at radius 2 is 1.90 bits per heavy atom. The largest absolute Gasteiger partial charge is 0.374 e. The highest BCUT2D eigenvalue weighted by atomic mass is 16.3. The minimum Gasteiger partial charge on any atom is -0.374 e. The summed E-state index contributed by atoms with van der Waals surface area (Å²) in [4.78, 5) is 0. The lowest BCUT2D eigenvalue weighted by Crippen LogP contribution is -2.63. The number of nitrogens with two attached hydrogens (primary N) is 1. The summed E-state index contributed by atoms with van der Waals surface area (Å²) in [5, 5.41) is 12.5. The predicted octanol–water partition coefficient (Wildman–Crippen LogP) is 0.0417. The molecular formula is C7H18N2O. The molecule has 0 saturated carbocycles. The van der Waals surface area contributed by atoms with E-state index in [4.69, 9.17) is 5.73 Å². The van der Waals surface area contributed by atoms with E-state index in [0.29, 0.717) is 6.42 Å². The molecule has 0 aliphatic heterocycles. The van der Waals surface area contributed by atoms with Gasteiger partial charge in [-0.3, -0.25) is 5.32 Å². The maximum Gasteiger partial charge on any atom is 0.133 e. The van der Waals surface area contributed by atoms with E-state index >= 15 is 0 Å². The molecule has 1 unspecified atom stereocenters. The second-order valence-corrected chi connectivity index (χ2v) is 3.19. The standard InChI is InChI=1S/C7H18N2O/c1-5-7(10,9-4)6(2,3)8/h9-10H,5,8H2,1-4H3. The second-order valence-electron chi connectivity index (χ2n) is 3.19. The van der Waals surface area contributed by atoms with Gasteiger partial charge in [-0.25, -0.2) is 0 Å². The molecule has 0 aromatic heterocycles. The summed E-state index contributed by atoms with van der Waals surface area (Å²) < 4.78 is 0. The Hall–Kier alpha value is -0.120. The molecule has 0 aromatic rings. The number of nitrogens with one attached hydrogen (secondary N) is 1. The van der Waals surface area contributed by atoms with Gasteiger partial charge in [-0.05, 0) is 27.3 Å². The molecule has 0 heterocycles. The van der Waals surface area contributed by atoms with Gasteiger partial charge in [0.25, 0.3) is 0 Å². The van der Waals surface area contributed by atoms with Crippen molar-refractivity contribution in [3.8, 4) is 0 Å². The lowest BCUT2D eigenvalue weighted by molar-refractivity contribution is -0.0492. The lowest BCUT2D eigenvalue weighted by atomic mass is 9.89. The average molecular weight is 146 g/mol. The van der Waals surface area contributed by atoms with Crippen LogP contribution in [0.25, 0.3) is 0 Å². The first kappa shape index (κ1) is 9.88. The van der Waals surface area contributed by atoms with Crippen LogP contribution in [-0.4, -0.2) is 23.4 Å². The first-order valence-corrected chi connectivity index (χ1v) is 3.57. The zero-order valence-corrected chi connectivity index (χ0v) is 7.23. The smallest absolute Gasteiger partial charge is 0.133 e. The van der Waals surface area contributed by atoms with E-state index in [-0.39, 0.29) is 0 Å². The highest BCUT2D eigenvalue weighted by Gasteiger charge is 2.37. The summed E-state index contributed by atoms with van der Waals surface area (Å²) in [5.74, 6) is 0. The molecule has 1 atom stereocenters. The van der Waals surface area contributed by atoms with Crippen LogP contribution >= 0.6 is 0 Å². The molecule has 0 fully saturated rings. The van der Waals surface area contributed by atoms with E-state index in [0.717, 1.165) is 0 Å². The molecular weight excluding hydrogens is 128 g/mol. The summed E-state index contributed by atoms with van der Waals surface area (Å²) in [5.41, 5.74) is 4.17. The van der Waals surface area contributed by atoms with Gasteiger partial charge < -0.3 is 10.8 Å². The average Bonchev–Trinajstić information content (AvgIpc) is 1.84. The van der Waals surface area contributed by atoms with E-state index in [1.165, 1.54) is 0 Å². The van der Waals surface area contributed by atoms with Crippen molar-refractivity contribution >= 4 is 0 Å². The molecule has 0 amide bonds. The van der Waals surface area contributed by atoms with Crippen LogP contribution in [-0.2, 0) is 0 Å². The van der Waals surface area contributed by atoms with E-state index in [1.54, 1.807) is 20.9 Å². The van der Waals surface area contributed by atoms with Gasteiger partial charge in [0, 0.05) is 0 Å². The van der Waals surface area contributed by atoms with E-state index in [9.17, 15) is 5.11 Å². The Morgan fingerprint density at radius 1 is 1.50 bits per heavy atom. The summed E-state index contributed by atoms with van der Waals surface area (Å²) in [7, 11) is 1.71. The van der Waals surface area contributed by atoms with Crippen LogP contribution in [0.5, 0.6) is 0 Å². The van der Waals surface area contributed by atoms with Crippen molar-refractivity contribution < 1.29 is 5.11 Å². The van der Waals surface area contributed by atoms with Crippen LogP contribution in [0.3, 0.4) is 0 Å². The molecule has 0 radical (unpaired) electrons. The quantitative estimate of drug-likeness (QED) is 0.493. The Bertz CT molecular complexity index is 103. The molecule has 3 nitrogen and oxygen atoms in total. The minimum atomic E-state index is -0.951. The van der Waals surface area contributed by atoms with Crippen molar-refractivity contribution in [1.29, 1.82) is 0 Å². The molecule has 0 bridgehead atoms. The maximum absolute atomic E-state index is 9.73. The summed E-state index contributed by atoms with van der Waals surface area (Å²) >= 11 is 0. The van der Waals surface area contributed by atoms with Gasteiger partial charge in [0.05, 0.1) is 5.54 Å². The fourth-order valence-electron chi connectivity index (χ4n) is 0.955. The number of rotatable bonds is 3. The third kappa shape index (κ3) is 1.68. The SMILES string of the molecule is CCC(O)(NC)C(C)(C)N. The summed E-state index contributed by atoms with van der Waals surface area (Å²) in [6, 6.07) is 0. The molecule has 4 N–H and O–H groups in total. The third-order valence-electron chi connectivity index (χ3n) is 1.99. The van der Waals surface area contributed by atoms with Gasteiger partial charge in [-0.2, -0.15) is 0 Å². The normalized spacial score (nSPS) is 18.6. The Morgan fingerprint density at radius 3 is 1.90 bits per heavy atom. The van der Waals surface area contributed by atoms with Gasteiger partial charge in [-0.15, -0.1) is 0 Å². The van der Waals surface area contributed by atoms with E-state index < -0.39 is 11.3 Å². The molecule has 62 valence electrons. The Kier molecular flexibility index (Phi) is 2.83. The van der Waals surface area contributed by atoms with E-state index in [1.807, 2.05) is 6.92 Å². The molecule has 0 saturated heterocycles. The zero-order valence-electron chi connectivity index (χ0n) is 7.23. The van der Waals surface area contributed by atoms with Crippen molar-refractivity contribution in [2.75, 3.05) is 7.05 Å². The van der Waals surface area contributed by atoms with Crippen LogP contribution < -0.4 is 11.1 Å². The second kappa shape index (κ2) is 2.86. The summed E-state index contributed by atoms with van der Waals surface area (Å²) in [6.07, 6.45) is 0.604. The van der Waals surface area contributed by atoms with Crippen LogP contribution in [0.1, 0.15) is 27.2 Å². The van der Waals surface area contributed by atoms with Gasteiger partial charge in [-0.1, -0.05) is 6.92 Å². The summed E-state index contributed by atoms with van der Waals surface area (Å²) in [6.45, 7) is 5.49. The van der Waals surface area contributed by atoms with Crippen molar-refractivity contribution in [2.45, 2.75) is 38.5 Å². The molecule has 0 aliphatic rings. The highest BCUT2D eigenvalue weighted by molar-refractivity contribution is 4.93. The van der Waals surface area contributed by atoms with Crippen molar-refractivity contribution in [1.82, 2.24) is 5.32 Å². The monoisotopic (exact) mass is 146 g/mol. The molecule has 0 spiro atoms. The molecule has 0 aliphatic carbocycles. The number of aliphatic hydroxyl groups is 1.